The van der Waals surface area contributed by atoms with Crippen LogP contribution < -0.4 is 5.32 Å². The molecule has 1 N–H and O–H groups in total. The van der Waals surface area contributed by atoms with E-state index in [1.54, 1.807) is 12.5 Å². The van der Waals surface area contributed by atoms with Gasteiger partial charge in [0, 0.05) is 49.1 Å². The maximum Gasteiger partial charge on any atom is 0.251 e. The highest BCUT2D eigenvalue weighted by atomic mass is 16.1. The quantitative estimate of drug-likeness (QED) is 0.778. The van der Waals surface area contributed by atoms with Gasteiger partial charge in [-0.2, -0.15) is 0 Å². The van der Waals surface area contributed by atoms with Crippen LogP contribution in [0.25, 0.3) is 5.69 Å². The molecule has 3 aromatic rings. The average Bonchev–Trinajstić information content (AvgIpc) is 3.21. The van der Waals surface area contributed by atoms with Crippen molar-refractivity contribution in [3.63, 3.8) is 0 Å². The lowest BCUT2D eigenvalue weighted by Crippen LogP contribution is -2.26. The van der Waals surface area contributed by atoms with E-state index in [2.05, 4.69) is 10.3 Å². The number of hydrogen-bond acceptors (Lipinski definition) is 2. The molecule has 0 aliphatic heterocycles. The predicted octanol–water partition coefficient (Wildman–Crippen LogP) is 2.10. The molecule has 1 amide bonds. The molecule has 106 valence electrons. The van der Waals surface area contributed by atoms with Gasteiger partial charge in [-0.1, -0.05) is 0 Å². The third kappa shape index (κ3) is 3.20. The van der Waals surface area contributed by atoms with E-state index in [-0.39, 0.29) is 5.91 Å². The lowest BCUT2D eigenvalue weighted by atomic mass is 10.2. The van der Waals surface area contributed by atoms with Gasteiger partial charge in [0.05, 0.1) is 6.33 Å². The zero-order valence-corrected chi connectivity index (χ0v) is 11.5. The molecular formula is C16H16N4O. The third-order valence-electron chi connectivity index (χ3n) is 3.25. The molecule has 0 saturated carbocycles. The highest BCUT2D eigenvalue weighted by Gasteiger charge is 2.05. The molecule has 0 atom stereocenters. The largest absolute Gasteiger partial charge is 0.350 e. The first kappa shape index (κ1) is 13.2. The van der Waals surface area contributed by atoms with E-state index >= 15 is 0 Å². The lowest BCUT2D eigenvalue weighted by Gasteiger charge is -2.07. The molecule has 0 aliphatic rings. The number of nitrogens with zero attached hydrogens (tertiary/aromatic N) is 3. The van der Waals surface area contributed by atoms with Crippen molar-refractivity contribution >= 4 is 5.91 Å². The van der Waals surface area contributed by atoms with E-state index < -0.39 is 0 Å². The van der Waals surface area contributed by atoms with Gasteiger partial charge in [-0.15, -0.1) is 0 Å². The normalized spacial score (nSPS) is 10.5. The van der Waals surface area contributed by atoms with Gasteiger partial charge in [-0.05, 0) is 36.4 Å². The standard InChI is InChI=1S/C16H16N4O/c21-16(18-8-12-19-11-7-17-13-19)14-3-5-15(6-4-14)20-9-1-2-10-20/h1-7,9-11,13H,8,12H2,(H,18,21). The number of imidazole rings is 1. The van der Waals surface area contributed by atoms with Crippen molar-refractivity contribution in [1.29, 1.82) is 0 Å². The van der Waals surface area contributed by atoms with Gasteiger partial charge < -0.3 is 14.5 Å². The smallest absolute Gasteiger partial charge is 0.251 e. The van der Waals surface area contributed by atoms with E-state index in [0.717, 1.165) is 5.69 Å². The molecule has 2 aromatic heterocycles. The van der Waals surface area contributed by atoms with Gasteiger partial charge in [0.15, 0.2) is 0 Å². The molecule has 0 spiro atoms. The van der Waals surface area contributed by atoms with Crippen LogP contribution in [0.2, 0.25) is 0 Å². The maximum atomic E-state index is 12.0. The van der Waals surface area contributed by atoms with E-state index in [9.17, 15) is 4.79 Å². The third-order valence-corrected chi connectivity index (χ3v) is 3.25. The number of amides is 1. The Labute approximate surface area is 122 Å². The van der Waals surface area contributed by atoms with Crippen LogP contribution in [-0.2, 0) is 6.54 Å². The molecule has 0 fully saturated rings. The number of carbonyl (C=O) groups excluding carboxylic acids is 1. The van der Waals surface area contributed by atoms with E-state index in [1.165, 1.54) is 0 Å². The number of nitrogens with one attached hydrogen (secondary N) is 1. The summed E-state index contributed by atoms with van der Waals surface area (Å²) in [4.78, 5) is 16.0. The molecule has 5 nitrogen and oxygen atoms in total. The summed E-state index contributed by atoms with van der Waals surface area (Å²) in [6.07, 6.45) is 9.28. The van der Waals surface area contributed by atoms with E-state index in [0.29, 0.717) is 18.7 Å². The van der Waals surface area contributed by atoms with Crippen molar-refractivity contribution in [2.24, 2.45) is 0 Å². The Morgan fingerprint density at radius 3 is 2.52 bits per heavy atom. The molecular weight excluding hydrogens is 264 g/mol. The lowest BCUT2D eigenvalue weighted by molar-refractivity contribution is 0.0952. The van der Waals surface area contributed by atoms with Gasteiger partial charge in [-0.3, -0.25) is 4.79 Å². The SMILES string of the molecule is O=C(NCCn1ccnc1)c1ccc(-n2cccc2)cc1. The van der Waals surface area contributed by atoms with Crippen molar-refractivity contribution < 1.29 is 4.79 Å². The minimum absolute atomic E-state index is 0.0610. The fourth-order valence-electron chi connectivity index (χ4n) is 2.11. The number of carbonyl (C=O) groups is 1. The predicted molar refractivity (Wildman–Crippen MR) is 80.3 cm³/mol. The van der Waals surface area contributed by atoms with Crippen LogP contribution in [0.4, 0.5) is 0 Å². The minimum Gasteiger partial charge on any atom is -0.350 e. The Bertz CT molecular complexity index is 684. The van der Waals surface area contributed by atoms with Crippen molar-refractivity contribution in [1.82, 2.24) is 19.4 Å². The van der Waals surface area contributed by atoms with Gasteiger partial charge in [0.1, 0.15) is 0 Å². The van der Waals surface area contributed by atoms with Crippen LogP contribution in [-0.4, -0.2) is 26.6 Å². The van der Waals surface area contributed by atoms with Crippen LogP contribution in [0, 0.1) is 0 Å². The van der Waals surface area contributed by atoms with E-state index in [1.807, 2.05) is 64.1 Å². The number of rotatable bonds is 5. The molecule has 3 rings (SSSR count). The van der Waals surface area contributed by atoms with Crippen LogP contribution in [0.1, 0.15) is 10.4 Å². The maximum absolute atomic E-state index is 12.0. The number of hydrogen-bond donors (Lipinski definition) is 1. The van der Waals surface area contributed by atoms with Gasteiger partial charge in [-0.25, -0.2) is 4.98 Å². The average molecular weight is 280 g/mol. The summed E-state index contributed by atoms with van der Waals surface area (Å²) < 4.78 is 3.93. The van der Waals surface area contributed by atoms with Gasteiger partial charge in [0.25, 0.3) is 5.91 Å². The monoisotopic (exact) mass is 280 g/mol. The van der Waals surface area contributed by atoms with Crippen LogP contribution >= 0.6 is 0 Å². The molecule has 21 heavy (non-hydrogen) atoms. The topological polar surface area (TPSA) is 51.9 Å². The van der Waals surface area contributed by atoms with E-state index in [4.69, 9.17) is 0 Å². The fourth-order valence-corrected chi connectivity index (χ4v) is 2.11. The summed E-state index contributed by atoms with van der Waals surface area (Å²) >= 11 is 0. The molecule has 0 radical (unpaired) electrons. The molecule has 2 heterocycles. The summed E-state index contributed by atoms with van der Waals surface area (Å²) in [5, 5.41) is 2.90. The first-order chi connectivity index (χ1) is 10.3. The molecule has 0 bridgehead atoms. The summed E-state index contributed by atoms with van der Waals surface area (Å²) in [5.41, 5.74) is 1.70. The molecule has 1 aromatic carbocycles. The van der Waals surface area contributed by atoms with Crippen molar-refractivity contribution in [3.05, 3.63) is 73.1 Å². The second-order valence-electron chi connectivity index (χ2n) is 4.69. The first-order valence-corrected chi connectivity index (χ1v) is 6.80. The fraction of sp³-hybridized carbons (Fsp3) is 0.125. The Hall–Kier alpha value is -2.82. The summed E-state index contributed by atoms with van der Waals surface area (Å²) in [6, 6.07) is 11.5. The van der Waals surface area contributed by atoms with Crippen LogP contribution in [0.5, 0.6) is 0 Å². The number of aromatic nitrogens is 3. The first-order valence-electron chi connectivity index (χ1n) is 6.80. The van der Waals surface area contributed by atoms with Gasteiger partial charge >= 0.3 is 0 Å². The zero-order chi connectivity index (χ0) is 14.5. The van der Waals surface area contributed by atoms with Gasteiger partial charge in [0.2, 0.25) is 0 Å². The summed E-state index contributed by atoms with van der Waals surface area (Å²) in [6.45, 7) is 1.29. The highest BCUT2D eigenvalue weighted by molar-refractivity contribution is 5.94. The summed E-state index contributed by atoms with van der Waals surface area (Å²) in [5.74, 6) is -0.0610. The summed E-state index contributed by atoms with van der Waals surface area (Å²) in [7, 11) is 0. The Morgan fingerprint density at radius 2 is 1.86 bits per heavy atom. The highest BCUT2D eigenvalue weighted by Crippen LogP contribution is 2.09. The van der Waals surface area contributed by atoms with Crippen molar-refractivity contribution in [3.8, 4) is 5.69 Å². The molecule has 5 heteroatoms. The Kier molecular flexibility index (Phi) is 3.82. The minimum atomic E-state index is -0.0610. The Balaban J connectivity index is 1.57. The molecule has 0 aliphatic carbocycles. The van der Waals surface area contributed by atoms with Crippen LogP contribution in [0.15, 0.2) is 67.5 Å². The zero-order valence-electron chi connectivity index (χ0n) is 11.5. The van der Waals surface area contributed by atoms with Crippen molar-refractivity contribution in [2.45, 2.75) is 6.54 Å². The van der Waals surface area contributed by atoms with Crippen LogP contribution in [0.3, 0.4) is 0 Å². The number of benzene rings is 1. The second kappa shape index (κ2) is 6.09. The molecule has 0 saturated heterocycles. The second-order valence-corrected chi connectivity index (χ2v) is 4.69. The molecule has 0 unspecified atom stereocenters. The Morgan fingerprint density at radius 1 is 1.10 bits per heavy atom. The van der Waals surface area contributed by atoms with Crippen molar-refractivity contribution in [2.75, 3.05) is 6.54 Å².